The fourth-order valence-corrected chi connectivity index (χ4v) is 2.64. The van der Waals surface area contributed by atoms with Crippen molar-refractivity contribution in [1.29, 1.82) is 0 Å². The Labute approximate surface area is 155 Å². The Morgan fingerprint density at radius 3 is 2.19 bits per heavy atom. The van der Waals surface area contributed by atoms with Crippen LogP contribution in [-0.2, 0) is 19.1 Å². The number of allylic oxidation sites excluding steroid dienone is 1. The fourth-order valence-electron chi connectivity index (χ4n) is 2.64. The molecule has 0 aromatic heterocycles. The molecule has 2 N–H and O–H groups in total. The van der Waals surface area contributed by atoms with Crippen LogP contribution in [-0.4, -0.2) is 35.2 Å². The van der Waals surface area contributed by atoms with Crippen molar-refractivity contribution in [2.45, 2.75) is 59.3 Å². The first kappa shape index (κ1) is 23.6. The molecule has 0 saturated heterocycles. The predicted octanol–water partition coefficient (Wildman–Crippen LogP) is 4.12. The molecule has 26 heavy (non-hydrogen) atoms. The molecule has 0 aliphatic rings. The van der Waals surface area contributed by atoms with Gasteiger partial charge in [0.2, 0.25) is 0 Å². The van der Waals surface area contributed by atoms with Crippen LogP contribution in [0.3, 0.4) is 0 Å². The molecule has 0 heterocycles. The summed E-state index contributed by atoms with van der Waals surface area (Å²) in [5, 5.41) is 18.7. The third-order valence-corrected chi connectivity index (χ3v) is 4.29. The largest absolute Gasteiger partial charge is 0.478 e. The maximum atomic E-state index is 11.8. The van der Waals surface area contributed by atoms with E-state index in [0.717, 1.165) is 31.8 Å². The van der Waals surface area contributed by atoms with E-state index in [1.807, 2.05) is 6.92 Å². The van der Waals surface area contributed by atoms with Gasteiger partial charge in [0.15, 0.2) is 0 Å². The molecule has 0 aromatic carbocycles. The topological polar surface area (TPSA) is 101 Å². The third kappa shape index (κ3) is 8.14. The summed E-state index contributed by atoms with van der Waals surface area (Å²) in [6.45, 7) is 9.14. The zero-order valence-electron chi connectivity index (χ0n) is 16.1. The van der Waals surface area contributed by atoms with Crippen molar-refractivity contribution < 1.29 is 29.3 Å². The quantitative estimate of drug-likeness (QED) is 0.306. The van der Waals surface area contributed by atoms with Crippen LogP contribution >= 0.6 is 0 Å². The molecular formula is C20H30O6. The molecular weight excluding hydrogens is 336 g/mol. The minimum absolute atomic E-state index is 0.0420. The van der Waals surface area contributed by atoms with Crippen molar-refractivity contribution in [2.75, 3.05) is 7.11 Å². The average molecular weight is 366 g/mol. The molecule has 0 saturated carbocycles. The van der Waals surface area contributed by atoms with E-state index in [0.29, 0.717) is 12.0 Å². The summed E-state index contributed by atoms with van der Waals surface area (Å²) in [6.07, 6.45) is 5.53. The third-order valence-electron chi connectivity index (χ3n) is 4.29. The van der Waals surface area contributed by atoms with Crippen LogP contribution in [0.2, 0.25) is 0 Å². The lowest BCUT2D eigenvalue weighted by atomic mass is 9.86. The zero-order valence-corrected chi connectivity index (χ0v) is 16.1. The molecule has 0 radical (unpaired) electrons. The standard InChI is InChI=1S/C20H30O6/c1-6-8-9-15(7-2)12-16(10-14(4)20(25)26-5)17(19(23)24)11-13(3)18(21)22/h11,15H,4,6-10,12H2,1-3,5H3,(H,21,22)(H,23,24). The number of hydrogen-bond acceptors (Lipinski definition) is 4. The molecule has 6 heteroatoms. The van der Waals surface area contributed by atoms with Gasteiger partial charge in [-0.1, -0.05) is 51.7 Å². The van der Waals surface area contributed by atoms with Gasteiger partial charge in [0.05, 0.1) is 12.7 Å². The molecule has 6 nitrogen and oxygen atoms in total. The van der Waals surface area contributed by atoms with Crippen LogP contribution in [0, 0.1) is 5.92 Å². The lowest BCUT2D eigenvalue weighted by Crippen LogP contribution is -2.12. The predicted molar refractivity (Wildman–Crippen MR) is 99.8 cm³/mol. The second kappa shape index (κ2) is 12.1. The van der Waals surface area contributed by atoms with Crippen LogP contribution in [0.15, 0.2) is 34.9 Å². The van der Waals surface area contributed by atoms with E-state index < -0.39 is 17.9 Å². The molecule has 1 unspecified atom stereocenters. The van der Waals surface area contributed by atoms with Crippen LogP contribution in [0.1, 0.15) is 59.3 Å². The van der Waals surface area contributed by atoms with Crippen molar-refractivity contribution >= 4 is 17.9 Å². The highest BCUT2D eigenvalue weighted by molar-refractivity contribution is 5.96. The highest BCUT2D eigenvalue weighted by Crippen LogP contribution is 2.28. The van der Waals surface area contributed by atoms with Gasteiger partial charge in [0.1, 0.15) is 0 Å². The van der Waals surface area contributed by atoms with Gasteiger partial charge in [-0.3, -0.25) is 0 Å². The first-order valence-electron chi connectivity index (χ1n) is 8.80. The molecule has 0 amide bonds. The molecule has 1 atom stereocenters. The van der Waals surface area contributed by atoms with E-state index in [4.69, 9.17) is 5.11 Å². The highest BCUT2D eigenvalue weighted by Gasteiger charge is 2.20. The second-order valence-electron chi connectivity index (χ2n) is 6.35. The number of methoxy groups -OCH3 is 1. The maximum Gasteiger partial charge on any atom is 0.335 e. The number of aliphatic carboxylic acids is 2. The Bertz CT molecular complexity index is 597. The maximum absolute atomic E-state index is 11.8. The van der Waals surface area contributed by atoms with Crippen molar-refractivity contribution in [2.24, 2.45) is 5.92 Å². The molecule has 0 aliphatic carbocycles. The summed E-state index contributed by atoms with van der Waals surface area (Å²) in [5.74, 6) is -2.76. The van der Waals surface area contributed by atoms with Crippen molar-refractivity contribution in [3.63, 3.8) is 0 Å². The number of unbranched alkanes of at least 4 members (excludes halogenated alkanes) is 1. The van der Waals surface area contributed by atoms with Gasteiger partial charge >= 0.3 is 17.9 Å². The van der Waals surface area contributed by atoms with Gasteiger partial charge in [0.25, 0.3) is 0 Å². The number of rotatable bonds is 12. The zero-order chi connectivity index (χ0) is 20.3. The number of hydrogen-bond donors (Lipinski definition) is 2. The Hall–Kier alpha value is -2.37. The van der Waals surface area contributed by atoms with Crippen molar-refractivity contribution in [3.05, 3.63) is 34.9 Å². The summed E-state index contributed by atoms with van der Waals surface area (Å²) < 4.78 is 4.65. The van der Waals surface area contributed by atoms with Gasteiger partial charge in [-0.05, 0) is 25.3 Å². The van der Waals surface area contributed by atoms with E-state index in [1.54, 1.807) is 0 Å². The van der Waals surface area contributed by atoms with E-state index >= 15 is 0 Å². The van der Waals surface area contributed by atoms with Crippen molar-refractivity contribution in [3.8, 4) is 0 Å². The van der Waals surface area contributed by atoms with Gasteiger partial charge in [-0.15, -0.1) is 0 Å². The van der Waals surface area contributed by atoms with Crippen LogP contribution < -0.4 is 0 Å². The Morgan fingerprint density at radius 1 is 1.15 bits per heavy atom. The fraction of sp³-hybridized carbons (Fsp3) is 0.550. The minimum atomic E-state index is -1.22. The number of ether oxygens (including phenoxy) is 1. The molecule has 0 rings (SSSR count). The molecule has 0 aromatic rings. The molecule has 0 fully saturated rings. The Balaban J connectivity index is 5.99. The van der Waals surface area contributed by atoms with E-state index in [1.165, 1.54) is 14.0 Å². The summed E-state index contributed by atoms with van der Waals surface area (Å²) in [6, 6.07) is 0. The lowest BCUT2D eigenvalue weighted by molar-refractivity contribution is -0.136. The lowest BCUT2D eigenvalue weighted by Gasteiger charge is -2.19. The molecule has 0 bridgehead atoms. The SMILES string of the molecule is C=C(CC(CC(CC)CCCC)=C(C=C(C)C(=O)O)C(=O)O)C(=O)OC. The Kier molecular flexibility index (Phi) is 11.0. The normalized spacial score (nSPS) is 13.6. The average Bonchev–Trinajstić information content (AvgIpc) is 2.60. The first-order chi connectivity index (χ1) is 12.2. The van der Waals surface area contributed by atoms with Gasteiger partial charge < -0.3 is 14.9 Å². The van der Waals surface area contributed by atoms with Gasteiger partial charge in [-0.2, -0.15) is 0 Å². The van der Waals surface area contributed by atoms with E-state index in [2.05, 4.69) is 18.2 Å². The van der Waals surface area contributed by atoms with Crippen LogP contribution in [0.4, 0.5) is 0 Å². The van der Waals surface area contributed by atoms with E-state index in [9.17, 15) is 19.5 Å². The summed E-state index contributed by atoms with van der Waals surface area (Å²) in [5.41, 5.74) is 0.472. The molecule has 146 valence electrons. The van der Waals surface area contributed by atoms with Gasteiger partial charge in [0, 0.05) is 17.6 Å². The number of carboxylic acid groups (broad SMARTS) is 2. The van der Waals surface area contributed by atoms with Crippen LogP contribution in [0.25, 0.3) is 0 Å². The molecule has 0 aliphatic heterocycles. The highest BCUT2D eigenvalue weighted by atomic mass is 16.5. The number of carbonyl (C=O) groups excluding carboxylic acids is 1. The number of carbonyl (C=O) groups is 3. The van der Waals surface area contributed by atoms with Gasteiger partial charge in [-0.25, -0.2) is 14.4 Å². The monoisotopic (exact) mass is 366 g/mol. The Morgan fingerprint density at radius 2 is 1.77 bits per heavy atom. The first-order valence-corrected chi connectivity index (χ1v) is 8.80. The van der Waals surface area contributed by atoms with Crippen molar-refractivity contribution in [1.82, 2.24) is 0 Å². The summed E-state index contributed by atoms with van der Waals surface area (Å²) in [4.78, 5) is 34.6. The van der Waals surface area contributed by atoms with E-state index in [-0.39, 0.29) is 29.1 Å². The number of esters is 1. The second-order valence-corrected chi connectivity index (χ2v) is 6.35. The smallest absolute Gasteiger partial charge is 0.335 e. The number of carboxylic acids is 2. The molecule has 0 spiro atoms. The summed E-state index contributed by atoms with van der Waals surface area (Å²) in [7, 11) is 1.24. The van der Waals surface area contributed by atoms with Crippen LogP contribution in [0.5, 0.6) is 0 Å². The summed E-state index contributed by atoms with van der Waals surface area (Å²) >= 11 is 0. The minimum Gasteiger partial charge on any atom is -0.478 e.